The molecule has 1 aromatic rings. The average molecular weight is 370 g/mol. The number of halogens is 7. The summed E-state index contributed by atoms with van der Waals surface area (Å²) in [6, 6.07) is 1.31. The molecule has 1 N–H and O–H groups in total. The van der Waals surface area contributed by atoms with E-state index < -0.39 is 23.6 Å². The monoisotopic (exact) mass is 368 g/mol. The number of hydrogen-bond donors (Lipinski definition) is 1. The van der Waals surface area contributed by atoms with Crippen LogP contribution in [0.25, 0.3) is 0 Å². The highest BCUT2D eigenvalue weighted by Crippen LogP contribution is 2.39. The van der Waals surface area contributed by atoms with Crippen LogP contribution in [0, 0.1) is 5.82 Å². The molecule has 1 aromatic carbocycles. The van der Waals surface area contributed by atoms with E-state index in [-0.39, 0.29) is 42.9 Å². The first-order valence-corrected chi connectivity index (χ1v) is 6.24. The normalized spacial score (nSPS) is 17.6. The molecule has 122 valence electrons. The summed E-state index contributed by atoms with van der Waals surface area (Å²) in [6.45, 7) is 1.34. The molecule has 0 unspecified atom stereocenters. The maximum absolute atomic E-state index is 13.7. The van der Waals surface area contributed by atoms with Crippen molar-refractivity contribution in [3.63, 3.8) is 0 Å². The highest BCUT2D eigenvalue weighted by molar-refractivity contribution is 6.30. The van der Waals surface area contributed by atoms with Gasteiger partial charge in [-0.1, -0.05) is 11.6 Å². The van der Waals surface area contributed by atoms with Crippen LogP contribution < -0.4 is 5.32 Å². The Morgan fingerprint density at radius 1 is 1.14 bits per heavy atom. The minimum Gasteiger partial charge on any atom is -0.314 e. The summed E-state index contributed by atoms with van der Waals surface area (Å²) < 4.78 is 53.4. The van der Waals surface area contributed by atoms with Gasteiger partial charge in [-0.05, 0) is 18.2 Å². The van der Waals surface area contributed by atoms with Gasteiger partial charge >= 0.3 is 6.18 Å². The second kappa shape index (κ2) is 8.39. The Labute approximate surface area is 137 Å². The molecule has 0 saturated carbocycles. The number of rotatable bonds is 2. The molecule has 0 bridgehead atoms. The molecule has 9 heteroatoms. The molecule has 0 aromatic heterocycles. The van der Waals surface area contributed by atoms with Gasteiger partial charge in [0, 0.05) is 36.8 Å². The van der Waals surface area contributed by atoms with Gasteiger partial charge in [-0.25, -0.2) is 4.39 Å². The topological polar surface area (TPSA) is 15.3 Å². The van der Waals surface area contributed by atoms with Crippen molar-refractivity contribution >= 4 is 36.4 Å². The Morgan fingerprint density at radius 2 is 1.71 bits per heavy atom. The summed E-state index contributed by atoms with van der Waals surface area (Å²) in [5.74, 6) is -0.884. The van der Waals surface area contributed by atoms with Crippen LogP contribution in [-0.4, -0.2) is 37.3 Å². The smallest absolute Gasteiger partial charge is 0.314 e. The summed E-state index contributed by atoms with van der Waals surface area (Å²) in [5, 5.41) is 3.07. The molecular formula is C12H15Cl3F4N2. The lowest BCUT2D eigenvalue weighted by Gasteiger charge is -2.36. The third kappa shape index (κ3) is 5.14. The van der Waals surface area contributed by atoms with Gasteiger partial charge in [-0.2, -0.15) is 13.2 Å². The zero-order valence-electron chi connectivity index (χ0n) is 10.8. The molecule has 0 spiro atoms. The Balaban J connectivity index is 0.00000200. The highest BCUT2D eigenvalue weighted by atomic mass is 35.5. The number of piperazine rings is 1. The van der Waals surface area contributed by atoms with E-state index in [1.165, 1.54) is 11.0 Å². The SMILES string of the molecule is Cl.Cl.Fc1ccc(Cl)cc1[C@H](N1CCNCC1)C(F)(F)F. The lowest BCUT2D eigenvalue weighted by Crippen LogP contribution is -2.49. The Kier molecular flexibility index (Phi) is 8.28. The van der Waals surface area contributed by atoms with Crippen molar-refractivity contribution in [3.8, 4) is 0 Å². The number of hydrogen-bond acceptors (Lipinski definition) is 2. The lowest BCUT2D eigenvalue weighted by molar-refractivity contribution is -0.188. The van der Waals surface area contributed by atoms with Crippen LogP contribution in [0.2, 0.25) is 5.02 Å². The molecule has 1 fully saturated rings. The Morgan fingerprint density at radius 3 is 2.24 bits per heavy atom. The average Bonchev–Trinajstić information content (AvgIpc) is 2.33. The van der Waals surface area contributed by atoms with E-state index >= 15 is 0 Å². The van der Waals surface area contributed by atoms with Gasteiger partial charge in [0.2, 0.25) is 0 Å². The van der Waals surface area contributed by atoms with E-state index in [1.54, 1.807) is 0 Å². The fraction of sp³-hybridized carbons (Fsp3) is 0.500. The third-order valence-corrected chi connectivity index (χ3v) is 3.31. The standard InChI is InChI=1S/C12H13ClF4N2.2ClH/c13-8-1-2-10(14)9(7-8)11(12(15,16)17)19-5-3-18-4-6-19;;/h1-2,7,11,18H,3-6H2;2*1H/t11-;;/m0../s1. The van der Waals surface area contributed by atoms with E-state index in [0.717, 1.165) is 12.1 Å². The molecular weight excluding hydrogens is 354 g/mol. The van der Waals surface area contributed by atoms with Gasteiger partial charge in [-0.15, -0.1) is 24.8 Å². The van der Waals surface area contributed by atoms with E-state index in [0.29, 0.717) is 13.1 Å². The second-order valence-electron chi connectivity index (χ2n) is 4.40. The van der Waals surface area contributed by atoms with Gasteiger partial charge in [0.1, 0.15) is 11.9 Å². The highest BCUT2D eigenvalue weighted by Gasteiger charge is 2.46. The first kappa shape index (κ1) is 20.7. The van der Waals surface area contributed by atoms with Gasteiger partial charge in [0.25, 0.3) is 0 Å². The van der Waals surface area contributed by atoms with Crippen molar-refractivity contribution in [3.05, 3.63) is 34.6 Å². The first-order valence-electron chi connectivity index (χ1n) is 5.86. The van der Waals surface area contributed by atoms with Crippen molar-refractivity contribution in [1.29, 1.82) is 0 Å². The van der Waals surface area contributed by atoms with Crippen molar-refractivity contribution in [2.24, 2.45) is 0 Å². The van der Waals surface area contributed by atoms with Gasteiger partial charge in [-0.3, -0.25) is 4.90 Å². The molecule has 1 aliphatic rings. The molecule has 0 aliphatic carbocycles. The number of benzene rings is 1. The molecule has 1 saturated heterocycles. The third-order valence-electron chi connectivity index (χ3n) is 3.08. The zero-order chi connectivity index (χ0) is 14.0. The fourth-order valence-corrected chi connectivity index (χ4v) is 2.43. The summed E-state index contributed by atoms with van der Waals surface area (Å²) >= 11 is 5.69. The predicted molar refractivity (Wildman–Crippen MR) is 79.1 cm³/mol. The molecule has 1 atom stereocenters. The first-order chi connectivity index (χ1) is 8.89. The molecule has 0 amide bonds. The van der Waals surface area contributed by atoms with E-state index in [1.807, 2.05) is 0 Å². The summed E-state index contributed by atoms with van der Waals surface area (Å²) in [6.07, 6.45) is -4.54. The fourth-order valence-electron chi connectivity index (χ4n) is 2.24. The van der Waals surface area contributed by atoms with Crippen molar-refractivity contribution < 1.29 is 17.6 Å². The van der Waals surface area contributed by atoms with E-state index in [4.69, 9.17) is 11.6 Å². The predicted octanol–water partition coefficient (Wildman–Crippen LogP) is 3.83. The zero-order valence-corrected chi connectivity index (χ0v) is 13.2. The Bertz CT molecular complexity index is 451. The van der Waals surface area contributed by atoms with Crippen molar-refractivity contribution in [2.75, 3.05) is 26.2 Å². The van der Waals surface area contributed by atoms with Gasteiger partial charge < -0.3 is 5.32 Å². The van der Waals surface area contributed by atoms with Crippen molar-refractivity contribution in [1.82, 2.24) is 10.2 Å². The maximum atomic E-state index is 13.7. The number of nitrogens with one attached hydrogen (secondary N) is 1. The molecule has 21 heavy (non-hydrogen) atoms. The van der Waals surface area contributed by atoms with Crippen LogP contribution in [0.1, 0.15) is 11.6 Å². The second-order valence-corrected chi connectivity index (χ2v) is 4.83. The van der Waals surface area contributed by atoms with Crippen LogP contribution in [0.4, 0.5) is 17.6 Å². The van der Waals surface area contributed by atoms with Crippen LogP contribution in [0.3, 0.4) is 0 Å². The van der Waals surface area contributed by atoms with E-state index in [2.05, 4.69) is 5.32 Å². The Hall–Kier alpha value is -0.270. The lowest BCUT2D eigenvalue weighted by atomic mass is 10.0. The minimum absolute atomic E-state index is 0. The van der Waals surface area contributed by atoms with Gasteiger partial charge in [0.15, 0.2) is 0 Å². The maximum Gasteiger partial charge on any atom is 0.408 e. The summed E-state index contributed by atoms with van der Waals surface area (Å²) in [4.78, 5) is 1.23. The largest absolute Gasteiger partial charge is 0.408 e. The van der Waals surface area contributed by atoms with Crippen LogP contribution in [-0.2, 0) is 0 Å². The minimum atomic E-state index is -4.54. The van der Waals surface area contributed by atoms with Crippen LogP contribution in [0.15, 0.2) is 18.2 Å². The summed E-state index contributed by atoms with van der Waals surface area (Å²) in [5.41, 5.74) is -0.415. The summed E-state index contributed by atoms with van der Waals surface area (Å²) in [7, 11) is 0. The number of alkyl halides is 3. The van der Waals surface area contributed by atoms with Crippen LogP contribution >= 0.6 is 36.4 Å². The quantitative estimate of drug-likeness (QED) is 0.797. The van der Waals surface area contributed by atoms with Crippen molar-refractivity contribution in [2.45, 2.75) is 12.2 Å². The molecule has 2 nitrogen and oxygen atoms in total. The van der Waals surface area contributed by atoms with Crippen LogP contribution in [0.5, 0.6) is 0 Å². The molecule has 1 aliphatic heterocycles. The number of nitrogens with zero attached hydrogens (tertiary/aromatic N) is 1. The molecule has 2 rings (SSSR count). The van der Waals surface area contributed by atoms with E-state index in [9.17, 15) is 17.6 Å². The molecule has 0 radical (unpaired) electrons. The molecule has 1 heterocycles. The van der Waals surface area contributed by atoms with Gasteiger partial charge in [0.05, 0.1) is 0 Å².